The van der Waals surface area contributed by atoms with Crippen LogP contribution in [0.4, 0.5) is 34.1 Å². The number of anilines is 6. The average molecular weight is 953 g/mol. The number of hydrogen-bond donors (Lipinski definition) is 0. The summed E-state index contributed by atoms with van der Waals surface area (Å²) in [6.45, 7) is -0.190. The number of hydrogen-bond acceptors (Lipinski definition) is 7. The van der Waals surface area contributed by atoms with Gasteiger partial charge in [0.1, 0.15) is 34.5 Å². The number of rotatable bonds is 7. The van der Waals surface area contributed by atoms with Gasteiger partial charge in [-0.25, -0.2) is 0 Å². The zero-order chi connectivity index (χ0) is 48.7. The molecule has 0 N–H and O–H groups in total. The molecule has 4 aliphatic heterocycles. The highest BCUT2D eigenvalue weighted by Crippen LogP contribution is 2.53. The number of benzene rings is 11. The van der Waals surface area contributed by atoms with Crippen molar-refractivity contribution in [1.82, 2.24) is 0 Å². The van der Waals surface area contributed by atoms with Crippen LogP contribution >= 0.6 is 0 Å². The summed E-state index contributed by atoms with van der Waals surface area (Å²) in [7, 11) is 0. The average Bonchev–Trinajstić information content (AvgIpc) is 3.46. The first-order valence-electron chi connectivity index (χ1n) is 24.8. The monoisotopic (exact) mass is 952 g/mol. The molecular formula is C66H41BN2O5. The van der Waals surface area contributed by atoms with E-state index in [4.69, 9.17) is 23.7 Å². The summed E-state index contributed by atoms with van der Waals surface area (Å²) in [4.78, 5) is 4.54. The Morgan fingerprint density at radius 2 is 0.716 bits per heavy atom. The maximum absolute atomic E-state index is 7.05. The van der Waals surface area contributed by atoms with Gasteiger partial charge >= 0.3 is 0 Å². The van der Waals surface area contributed by atoms with Crippen LogP contribution in [0.25, 0.3) is 33.4 Å². The lowest BCUT2D eigenvalue weighted by molar-refractivity contribution is 0.443. The van der Waals surface area contributed by atoms with Gasteiger partial charge in [0.2, 0.25) is 0 Å². The van der Waals surface area contributed by atoms with Crippen molar-refractivity contribution in [3.8, 4) is 90.9 Å². The molecule has 0 saturated heterocycles. The molecule has 4 aliphatic rings. The Balaban J connectivity index is 0.847. The first-order valence-corrected chi connectivity index (χ1v) is 24.8. The van der Waals surface area contributed by atoms with E-state index in [0.717, 1.165) is 124 Å². The zero-order valence-corrected chi connectivity index (χ0v) is 39.7. The van der Waals surface area contributed by atoms with Gasteiger partial charge in [-0.15, -0.1) is 0 Å². The van der Waals surface area contributed by atoms with E-state index in [1.807, 2.05) is 97.1 Å². The molecule has 0 bridgehead atoms. The van der Waals surface area contributed by atoms with Gasteiger partial charge in [0, 0.05) is 34.5 Å². The quantitative estimate of drug-likeness (QED) is 0.148. The van der Waals surface area contributed by atoms with Crippen molar-refractivity contribution in [1.29, 1.82) is 0 Å². The highest BCUT2D eigenvalue weighted by atomic mass is 16.5. The zero-order valence-electron chi connectivity index (χ0n) is 39.7. The van der Waals surface area contributed by atoms with Gasteiger partial charge in [0.25, 0.3) is 6.71 Å². The molecule has 4 heterocycles. The maximum atomic E-state index is 7.05. The summed E-state index contributed by atoms with van der Waals surface area (Å²) >= 11 is 0. The molecule has 0 amide bonds. The van der Waals surface area contributed by atoms with Crippen LogP contribution in [-0.4, -0.2) is 6.71 Å². The molecule has 0 unspecified atom stereocenters. The van der Waals surface area contributed by atoms with Crippen molar-refractivity contribution in [2.45, 2.75) is 0 Å². The molecule has 0 radical (unpaired) electrons. The van der Waals surface area contributed by atoms with Gasteiger partial charge in [0.05, 0.1) is 22.7 Å². The summed E-state index contributed by atoms with van der Waals surface area (Å²) in [5.41, 5.74) is 15.2. The van der Waals surface area contributed by atoms with Crippen molar-refractivity contribution in [2.24, 2.45) is 0 Å². The molecule has 15 rings (SSSR count). The minimum Gasteiger partial charge on any atom is -0.458 e. The molecule has 7 nitrogen and oxygen atoms in total. The van der Waals surface area contributed by atoms with Crippen molar-refractivity contribution in [3.05, 3.63) is 249 Å². The van der Waals surface area contributed by atoms with Crippen LogP contribution in [0.15, 0.2) is 249 Å². The molecule has 0 aliphatic carbocycles. The molecule has 0 aromatic heterocycles. The Morgan fingerprint density at radius 3 is 1.26 bits per heavy atom. The molecule has 11 aromatic carbocycles. The Hall–Kier alpha value is -9.92. The van der Waals surface area contributed by atoms with Crippen LogP contribution in [0.1, 0.15) is 0 Å². The smallest absolute Gasteiger partial charge is 0.260 e. The Bertz CT molecular complexity index is 3820. The van der Waals surface area contributed by atoms with E-state index in [2.05, 4.69) is 161 Å². The molecule has 74 heavy (non-hydrogen) atoms. The third-order valence-electron chi connectivity index (χ3n) is 14.4. The van der Waals surface area contributed by atoms with Crippen LogP contribution in [0.3, 0.4) is 0 Å². The summed E-state index contributed by atoms with van der Waals surface area (Å²) in [5, 5.41) is 0. The van der Waals surface area contributed by atoms with Crippen molar-refractivity contribution in [2.75, 3.05) is 9.80 Å². The Kier molecular flexibility index (Phi) is 9.53. The van der Waals surface area contributed by atoms with Crippen molar-refractivity contribution >= 4 is 57.2 Å². The molecule has 0 atom stereocenters. The molecule has 0 saturated carbocycles. The van der Waals surface area contributed by atoms with E-state index in [1.54, 1.807) is 0 Å². The Morgan fingerprint density at radius 1 is 0.297 bits per heavy atom. The fourth-order valence-electron chi connectivity index (χ4n) is 11.0. The number of para-hydroxylation sites is 7. The first-order chi connectivity index (χ1) is 36.6. The SMILES string of the molecule is c1ccc(-c2ccccc2Oc2cc3c4c(c2)Oc2cc(-c5ccc6c(c5)N(c5ccccc5)c5ccccc5O6)ccc2B4c2ccc(-c4ccc5c(c4)N(c4ccccc4)c4ccccc4O5)cc2O3)cc1. The lowest BCUT2D eigenvalue weighted by atomic mass is 9.35. The second-order valence-corrected chi connectivity index (χ2v) is 18.8. The van der Waals surface area contributed by atoms with E-state index < -0.39 is 0 Å². The number of nitrogens with zero attached hydrogens (tertiary/aromatic N) is 2. The van der Waals surface area contributed by atoms with Crippen LogP contribution in [0.5, 0.6) is 57.5 Å². The number of ether oxygens (including phenoxy) is 5. The maximum Gasteiger partial charge on any atom is 0.260 e. The van der Waals surface area contributed by atoms with E-state index >= 15 is 0 Å². The van der Waals surface area contributed by atoms with Gasteiger partial charge in [-0.05, 0) is 130 Å². The molecule has 0 fully saturated rings. The topological polar surface area (TPSA) is 52.6 Å². The van der Waals surface area contributed by atoms with Crippen LogP contribution in [0.2, 0.25) is 0 Å². The Labute approximate surface area is 428 Å². The van der Waals surface area contributed by atoms with E-state index in [-0.39, 0.29) is 6.71 Å². The fourth-order valence-corrected chi connectivity index (χ4v) is 11.0. The van der Waals surface area contributed by atoms with Gasteiger partial charge in [-0.1, -0.05) is 146 Å². The van der Waals surface area contributed by atoms with Gasteiger partial charge in [0.15, 0.2) is 23.0 Å². The van der Waals surface area contributed by atoms with Gasteiger partial charge in [-0.2, -0.15) is 0 Å². The summed E-state index contributed by atoms with van der Waals surface area (Å²) < 4.78 is 34.0. The lowest BCUT2D eigenvalue weighted by Gasteiger charge is -2.34. The third kappa shape index (κ3) is 6.91. The van der Waals surface area contributed by atoms with E-state index in [0.29, 0.717) is 17.2 Å². The largest absolute Gasteiger partial charge is 0.458 e. The molecule has 8 heteroatoms. The highest BCUT2D eigenvalue weighted by Gasteiger charge is 2.41. The molecule has 0 spiro atoms. The number of fused-ring (bicyclic) bond motifs is 8. The standard InChI is InChI=1S/C66H41BN2O5/c1-4-16-42(17-5-1)50-22-10-13-25-57(50)70-49-40-64-66-65(41-49)74-63-39-46(44-31-35-61-56(37-44)69(48-20-8-3-9-21-48)54-24-12-15-27-59(54)72-61)29-33-52(63)67(66)51-32-28-45(38-62(51)73-64)43-30-34-60-55(36-43)68(47-18-6-2-7-19-47)53-23-11-14-26-58(53)71-60/h1-41H. The van der Waals surface area contributed by atoms with Crippen molar-refractivity contribution < 1.29 is 23.7 Å². The lowest BCUT2D eigenvalue weighted by Crippen LogP contribution is -2.57. The van der Waals surface area contributed by atoms with Gasteiger partial charge < -0.3 is 33.5 Å². The van der Waals surface area contributed by atoms with E-state index in [9.17, 15) is 0 Å². The van der Waals surface area contributed by atoms with Crippen LogP contribution < -0.4 is 49.9 Å². The molecule has 11 aromatic rings. The summed E-state index contributed by atoms with van der Waals surface area (Å²) in [6.07, 6.45) is 0. The van der Waals surface area contributed by atoms with Gasteiger partial charge in [-0.3, -0.25) is 0 Å². The third-order valence-corrected chi connectivity index (χ3v) is 14.4. The summed E-state index contributed by atoms with van der Waals surface area (Å²) in [5.74, 6) is 7.42. The van der Waals surface area contributed by atoms with Crippen LogP contribution in [0, 0.1) is 0 Å². The predicted molar refractivity (Wildman–Crippen MR) is 296 cm³/mol. The fraction of sp³-hybridized carbons (Fsp3) is 0. The van der Waals surface area contributed by atoms with Crippen LogP contribution in [-0.2, 0) is 0 Å². The summed E-state index contributed by atoms with van der Waals surface area (Å²) in [6, 6.07) is 85.6. The highest BCUT2D eigenvalue weighted by molar-refractivity contribution is 6.98. The minimum absolute atomic E-state index is 0.190. The first kappa shape index (κ1) is 41.8. The molecule has 348 valence electrons. The second kappa shape index (κ2) is 16.9. The normalized spacial score (nSPS) is 12.9. The second-order valence-electron chi connectivity index (χ2n) is 18.8. The van der Waals surface area contributed by atoms with E-state index in [1.165, 1.54) is 0 Å². The predicted octanol–water partition coefficient (Wildman–Crippen LogP) is 16.4. The minimum atomic E-state index is -0.190. The van der Waals surface area contributed by atoms with Crippen molar-refractivity contribution in [3.63, 3.8) is 0 Å². The molecular weight excluding hydrogens is 912 g/mol.